The van der Waals surface area contributed by atoms with Crippen LogP contribution in [0.4, 0.5) is 5.13 Å². The van der Waals surface area contributed by atoms with E-state index in [0.29, 0.717) is 13.2 Å². The summed E-state index contributed by atoms with van der Waals surface area (Å²) >= 11 is 1.57. The second kappa shape index (κ2) is 5.47. The van der Waals surface area contributed by atoms with Gasteiger partial charge in [0.05, 0.1) is 23.9 Å². The first-order valence-electron chi connectivity index (χ1n) is 8.02. The largest absolute Gasteiger partial charge is 0.466 e. The molecule has 1 atom stereocenters. The molecule has 0 amide bonds. The molecule has 2 aromatic heterocycles. The van der Waals surface area contributed by atoms with Crippen molar-refractivity contribution in [3.05, 3.63) is 11.9 Å². The predicted octanol–water partition coefficient (Wildman–Crippen LogP) is 2.87. The summed E-state index contributed by atoms with van der Waals surface area (Å²) in [4.78, 5) is 19.9. The van der Waals surface area contributed by atoms with E-state index in [1.165, 1.54) is 0 Å². The van der Waals surface area contributed by atoms with Crippen LogP contribution in [0.25, 0.3) is 4.96 Å². The van der Waals surface area contributed by atoms with Crippen molar-refractivity contribution in [1.82, 2.24) is 14.6 Å². The summed E-state index contributed by atoms with van der Waals surface area (Å²) in [7, 11) is 0. The maximum atomic E-state index is 12.1. The van der Waals surface area contributed by atoms with E-state index in [1.807, 2.05) is 24.6 Å². The Labute approximate surface area is 140 Å². The molecule has 1 unspecified atom stereocenters. The van der Waals surface area contributed by atoms with Crippen LogP contribution in [0, 0.1) is 5.41 Å². The van der Waals surface area contributed by atoms with Crippen LogP contribution in [0.2, 0.25) is 0 Å². The highest BCUT2D eigenvalue weighted by atomic mass is 32.1. The molecule has 0 aromatic carbocycles. The fourth-order valence-corrected chi connectivity index (χ4v) is 3.68. The average Bonchev–Trinajstić information content (AvgIpc) is 3.10. The molecule has 0 radical (unpaired) electrons. The zero-order valence-electron chi connectivity index (χ0n) is 14.4. The standard InChI is InChI=1S/C16H24N4O2S/c1-6-22-12(21)16(5)7-8-19(10-16)14-18-20-9-11(15(2,3)4)17-13(20)23-14/h9H,6-8,10H2,1-5H3. The van der Waals surface area contributed by atoms with E-state index in [0.717, 1.165) is 28.8 Å². The van der Waals surface area contributed by atoms with Crippen LogP contribution in [0.3, 0.4) is 0 Å². The first-order valence-corrected chi connectivity index (χ1v) is 8.83. The fraction of sp³-hybridized carbons (Fsp3) is 0.688. The predicted molar refractivity (Wildman–Crippen MR) is 91.1 cm³/mol. The van der Waals surface area contributed by atoms with Gasteiger partial charge in [0.1, 0.15) is 0 Å². The summed E-state index contributed by atoms with van der Waals surface area (Å²) in [5, 5.41) is 5.56. The number of carbonyl (C=O) groups excluding carboxylic acids is 1. The van der Waals surface area contributed by atoms with Crippen molar-refractivity contribution in [1.29, 1.82) is 0 Å². The van der Waals surface area contributed by atoms with Gasteiger partial charge in [-0.2, -0.15) is 0 Å². The summed E-state index contributed by atoms with van der Waals surface area (Å²) in [6.07, 6.45) is 2.79. The van der Waals surface area contributed by atoms with E-state index < -0.39 is 5.41 Å². The summed E-state index contributed by atoms with van der Waals surface area (Å²) in [5.74, 6) is -0.112. The van der Waals surface area contributed by atoms with Gasteiger partial charge in [-0.05, 0) is 20.3 Å². The number of fused-ring (bicyclic) bond motifs is 1. The number of hydrogen-bond acceptors (Lipinski definition) is 6. The minimum absolute atomic E-state index is 0.0176. The highest BCUT2D eigenvalue weighted by Gasteiger charge is 2.42. The maximum absolute atomic E-state index is 12.1. The van der Waals surface area contributed by atoms with Gasteiger partial charge in [0, 0.05) is 18.5 Å². The van der Waals surface area contributed by atoms with Gasteiger partial charge in [-0.15, -0.1) is 5.10 Å². The molecular formula is C16H24N4O2S. The number of anilines is 1. The van der Waals surface area contributed by atoms with Gasteiger partial charge in [-0.1, -0.05) is 32.1 Å². The molecular weight excluding hydrogens is 312 g/mol. The Kier molecular flexibility index (Phi) is 3.86. The fourth-order valence-electron chi connectivity index (χ4n) is 2.78. The van der Waals surface area contributed by atoms with Crippen molar-refractivity contribution in [2.75, 3.05) is 24.6 Å². The quantitative estimate of drug-likeness (QED) is 0.807. The van der Waals surface area contributed by atoms with E-state index in [4.69, 9.17) is 4.74 Å². The lowest BCUT2D eigenvalue weighted by atomic mass is 9.90. The van der Waals surface area contributed by atoms with E-state index in [1.54, 1.807) is 11.3 Å². The highest BCUT2D eigenvalue weighted by Crippen LogP contribution is 2.36. The normalized spacial score (nSPS) is 22.0. The maximum Gasteiger partial charge on any atom is 0.313 e. The number of ether oxygens (including phenoxy) is 1. The Bertz CT molecular complexity index is 699. The molecule has 0 spiro atoms. The molecule has 0 bridgehead atoms. The molecule has 0 aliphatic carbocycles. The number of nitrogens with zero attached hydrogens (tertiary/aromatic N) is 4. The van der Waals surface area contributed by atoms with E-state index >= 15 is 0 Å². The first-order chi connectivity index (χ1) is 10.7. The molecule has 1 aliphatic heterocycles. The van der Waals surface area contributed by atoms with Crippen molar-refractivity contribution < 1.29 is 9.53 Å². The Morgan fingerprint density at radius 1 is 1.48 bits per heavy atom. The Hall–Kier alpha value is -1.63. The number of esters is 1. The Balaban J connectivity index is 1.79. The summed E-state index contributed by atoms with van der Waals surface area (Å²) in [6.45, 7) is 12.1. The lowest BCUT2D eigenvalue weighted by Crippen LogP contribution is -2.33. The van der Waals surface area contributed by atoms with Crippen LogP contribution in [0.5, 0.6) is 0 Å². The van der Waals surface area contributed by atoms with Gasteiger partial charge in [-0.25, -0.2) is 9.50 Å². The van der Waals surface area contributed by atoms with Crippen LogP contribution >= 0.6 is 11.3 Å². The second-order valence-corrected chi connectivity index (χ2v) is 8.38. The zero-order valence-corrected chi connectivity index (χ0v) is 15.2. The van der Waals surface area contributed by atoms with Gasteiger partial charge in [-0.3, -0.25) is 4.79 Å². The third-order valence-corrected chi connectivity index (χ3v) is 5.30. The SMILES string of the molecule is CCOC(=O)C1(C)CCN(c2nn3cc(C(C)(C)C)nc3s2)C1. The monoisotopic (exact) mass is 336 g/mol. The number of rotatable bonds is 3. The number of hydrogen-bond donors (Lipinski definition) is 0. The molecule has 1 fully saturated rings. The number of aromatic nitrogens is 3. The molecule has 2 aromatic rings. The van der Waals surface area contributed by atoms with Gasteiger partial charge >= 0.3 is 5.97 Å². The average molecular weight is 336 g/mol. The molecule has 3 heterocycles. The first kappa shape index (κ1) is 16.2. The van der Waals surface area contributed by atoms with Crippen molar-refractivity contribution in [3.8, 4) is 0 Å². The molecule has 6 nitrogen and oxygen atoms in total. The Morgan fingerprint density at radius 2 is 2.22 bits per heavy atom. The molecule has 23 heavy (non-hydrogen) atoms. The second-order valence-electron chi connectivity index (χ2n) is 7.44. The number of carbonyl (C=O) groups is 1. The minimum Gasteiger partial charge on any atom is -0.466 e. The topological polar surface area (TPSA) is 59.7 Å². The molecule has 3 rings (SSSR count). The van der Waals surface area contributed by atoms with Gasteiger partial charge in [0.2, 0.25) is 10.1 Å². The van der Waals surface area contributed by atoms with E-state index in [9.17, 15) is 4.79 Å². The van der Waals surface area contributed by atoms with Crippen LogP contribution in [-0.4, -0.2) is 40.3 Å². The van der Waals surface area contributed by atoms with Gasteiger partial charge in [0.25, 0.3) is 0 Å². The van der Waals surface area contributed by atoms with Crippen LogP contribution in [-0.2, 0) is 14.9 Å². The Morgan fingerprint density at radius 3 is 2.83 bits per heavy atom. The zero-order chi connectivity index (χ0) is 16.8. The molecule has 126 valence electrons. The van der Waals surface area contributed by atoms with Crippen molar-refractivity contribution in [3.63, 3.8) is 0 Å². The van der Waals surface area contributed by atoms with E-state index in [2.05, 4.69) is 35.8 Å². The van der Waals surface area contributed by atoms with Crippen molar-refractivity contribution in [2.45, 2.75) is 46.5 Å². The smallest absolute Gasteiger partial charge is 0.313 e. The van der Waals surface area contributed by atoms with Gasteiger partial charge in [0.15, 0.2) is 0 Å². The van der Waals surface area contributed by atoms with Crippen molar-refractivity contribution >= 4 is 27.4 Å². The minimum atomic E-state index is -0.444. The molecule has 1 aliphatic rings. The summed E-state index contributed by atoms with van der Waals surface area (Å²) < 4.78 is 7.06. The van der Waals surface area contributed by atoms with Gasteiger partial charge < -0.3 is 9.64 Å². The summed E-state index contributed by atoms with van der Waals surface area (Å²) in [5.41, 5.74) is 0.616. The molecule has 0 saturated carbocycles. The van der Waals surface area contributed by atoms with E-state index in [-0.39, 0.29) is 11.4 Å². The third kappa shape index (κ3) is 2.94. The molecule has 0 N–H and O–H groups in total. The molecule has 7 heteroatoms. The lowest BCUT2D eigenvalue weighted by Gasteiger charge is -2.21. The van der Waals surface area contributed by atoms with Crippen LogP contribution in [0.1, 0.15) is 46.7 Å². The lowest BCUT2D eigenvalue weighted by molar-refractivity contribution is -0.153. The number of imidazole rings is 1. The highest BCUT2D eigenvalue weighted by molar-refractivity contribution is 7.20. The van der Waals surface area contributed by atoms with Crippen LogP contribution in [0.15, 0.2) is 6.20 Å². The van der Waals surface area contributed by atoms with Crippen molar-refractivity contribution in [2.24, 2.45) is 5.41 Å². The third-order valence-electron chi connectivity index (χ3n) is 4.31. The van der Waals surface area contributed by atoms with Crippen LogP contribution < -0.4 is 4.90 Å². The molecule has 1 saturated heterocycles. The summed E-state index contributed by atoms with van der Waals surface area (Å²) in [6, 6.07) is 0.